The minimum Gasteiger partial charge on any atom is -0.384 e. The Morgan fingerprint density at radius 3 is 2.21 bits per heavy atom. The molecule has 8 heteroatoms. The number of halogens is 2. The monoisotopic (exact) mass is 475 g/mol. The van der Waals surface area contributed by atoms with Crippen molar-refractivity contribution in [3.05, 3.63) is 94.0 Å². The van der Waals surface area contributed by atoms with Gasteiger partial charge in [0, 0.05) is 10.0 Å². The molecule has 0 aliphatic heterocycles. The summed E-state index contributed by atoms with van der Waals surface area (Å²) >= 11 is 12.5. The van der Waals surface area contributed by atoms with E-state index in [1.807, 2.05) is 61.5 Å². The van der Waals surface area contributed by atoms with Crippen LogP contribution in [0, 0.1) is 0 Å². The Labute approximate surface area is 200 Å². The predicted molar refractivity (Wildman–Crippen MR) is 133 cm³/mol. The minimum absolute atomic E-state index is 0.205. The maximum Gasteiger partial charge on any atom is 0.257 e. The molecule has 3 aromatic carbocycles. The number of hydrogen-bond acceptors (Lipinski definition) is 4. The molecule has 5 rings (SSSR count). The number of nitrogen functional groups attached to an aromatic ring is 1. The molecule has 0 fully saturated rings. The van der Waals surface area contributed by atoms with Gasteiger partial charge in [-0.15, -0.1) is 0 Å². The zero-order valence-corrected chi connectivity index (χ0v) is 19.1. The molecule has 0 radical (unpaired) electrons. The Kier molecular flexibility index (Phi) is 5.40. The number of para-hydroxylation sites is 2. The molecular formula is C25H19Cl2N5O. The molecule has 0 aliphatic carbocycles. The highest BCUT2D eigenvalue weighted by atomic mass is 35.5. The number of amides is 1. The van der Waals surface area contributed by atoms with Crippen molar-refractivity contribution in [2.24, 2.45) is 0 Å². The number of anilines is 1. The van der Waals surface area contributed by atoms with Gasteiger partial charge in [-0.3, -0.25) is 9.36 Å². The van der Waals surface area contributed by atoms with Gasteiger partial charge in [0.1, 0.15) is 16.9 Å². The second-order valence-electron chi connectivity index (χ2n) is 7.71. The lowest BCUT2D eigenvalue weighted by molar-refractivity contribution is 0.0942. The summed E-state index contributed by atoms with van der Waals surface area (Å²) < 4.78 is 1.66. The van der Waals surface area contributed by atoms with E-state index in [1.54, 1.807) is 22.8 Å². The number of rotatable bonds is 4. The quantitative estimate of drug-likeness (QED) is 0.336. The number of carbonyl (C=O) groups is 1. The molecule has 3 N–H and O–H groups in total. The second-order valence-corrected chi connectivity index (χ2v) is 8.59. The maximum atomic E-state index is 13.5. The Morgan fingerprint density at radius 2 is 1.55 bits per heavy atom. The first-order valence-corrected chi connectivity index (χ1v) is 11.1. The Morgan fingerprint density at radius 1 is 0.939 bits per heavy atom. The molecule has 1 atom stereocenters. The van der Waals surface area contributed by atoms with Crippen molar-refractivity contribution in [2.45, 2.75) is 13.0 Å². The first-order valence-electron chi connectivity index (χ1n) is 10.3. The molecule has 0 unspecified atom stereocenters. The normalized spacial score (nSPS) is 12.2. The fourth-order valence-electron chi connectivity index (χ4n) is 3.91. The third-order valence-corrected chi connectivity index (χ3v) is 5.91. The van der Waals surface area contributed by atoms with Crippen LogP contribution in [-0.2, 0) is 0 Å². The maximum absolute atomic E-state index is 13.5. The van der Waals surface area contributed by atoms with Gasteiger partial charge in [-0.2, -0.15) is 0 Å². The third-order valence-electron chi connectivity index (χ3n) is 5.48. The summed E-state index contributed by atoms with van der Waals surface area (Å²) in [6, 6.07) is 22.0. The number of carbonyl (C=O) groups excluding carboxylic acids is 1. The van der Waals surface area contributed by atoms with Gasteiger partial charge in [0.15, 0.2) is 5.65 Å². The largest absolute Gasteiger partial charge is 0.384 e. The Balaban J connectivity index is 1.72. The minimum atomic E-state index is -0.342. The van der Waals surface area contributed by atoms with Crippen LogP contribution >= 0.6 is 23.2 Å². The van der Waals surface area contributed by atoms with Crippen LogP contribution in [0.5, 0.6) is 0 Å². The summed E-state index contributed by atoms with van der Waals surface area (Å²) in [5, 5.41) is 3.91. The van der Waals surface area contributed by atoms with E-state index >= 15 is 0 Å². The second kappa shape index (κ2) is 8.39. The van der Waals surface area contributed by atoms with E-state index in [1.165, 1.54) is 0 Å². The smallest absolute Gasteiger partial charge is 0.257 e. The lowest BCUT2D eigenvalue weighted by Crippen LogP contribution is -2.27. The molecule has 0 aliphatic rings. The predicted octanol–water partition coefficient (Wildman–Crippen LogP) is 5.95. The fraction of sp³-hybridized carbons (Fsp3) is 0.0800. The topological polar surface area (TPSA) is 85.8 Å². The Bertz CT molecular complexity index is 1490. The molecule has 33 heavy (non-hydrogen) atoms. The number of benzene rings is 3. The van der Waals surface area contributed by atoms with Gasteiger partial charge >= 0.3 is 0 Å². The molecule has 6 nitrogen and oxygen atoms in total. The van der Waals surface area contributed by atoms with Crippen LogP contribution in [0.25, 0.3) is 27.9 Å². The van der Waals surface area contributed by atoms with Crippen LogP contribution < -0.4 is 11.1 Å². The van der Waals surface area contributed by atoms with Gasteiger partial charge in [0.2, 0.25) is 0 Å². The van der Waals surface area contributed by atoms with Crippen molar-refractivity contribution in [3.63, 3.8) is 0 Å². The number of aromatic nitrogens is 3. The van der Waals surface area contributed by atoms with Crippen molar-refractivity contribution in [2.75, 3.05) is 5.73 Å². The zero-order chi connectivity index (χ0) is 23.1. The van der Waals surface area contributed by atoms with Crippen LogP contribution in [0.1, 0.15) is 28.9 Å². The number of hydrogen-bond donors (Lipinski definition) is 2. The molecule has 164 valence electrons. The molecule has 2 aromatic heterocycles. The molecule has 0 bridgehead atoms. The van der Waals surface area contributed by atoms with Crippen LogP contribution in [0.3, 0.4) is 0 Å². The van der Waals surface area contributed by atoms with E-state index in [4.69, 9.17) is 38.9 Å². The summed E-state index contributed by atoms with van der Waals surface area (Å²) in [5.41, 5.74) is 10.6. The molecule has 0 spiro atoms. The standard InChI is InChI=1S/C25H19Cl2N5O/c1-14(15-7-3-2-4-8-15)29-25(33)21-22-24(31-20-10-6-5-9-19(20)30-22)32(23(21)28)18-12-16(26)11-17(27)13-18/h2-14H,28H2,1H3,(H,29,33)/t14-/m1/s1. The summed E-state index contributed by atoms with van der Waals surface area (Å²) in [4.78, 5) is 23.0. The zero-order valence-electron chi connectivity index (χ0n) is 17.6. The van der Waals surface area contributed by atoms with Gasteiger partial charge in [-0.05, 0) is 42.8 Å². The fourth-order valence-corrected chi connectivity index (χ4v) is 4.42. The van der Waals surface area contributed by atoms with Gasteiger partial charge in [-0.25, -0.2) is 9.97 Å². The average Bonchev–Trinajstić information content (AvgIpc) is 3.08. The number of nitrogens with one attached hydrogen (secondary N) is 1. The number of fused-ring (bicyclic) bond motifs is 2. The number of nitrogens with two attached hydrogens (primary N) is 1. The summed E-state index contributed by atoms with van der Waals surface area (Å²) in [6.07, 6.45) is 0. The van der Waals surface area contributed by atoms with E-state index in [-0.39, 0.29) is 23.3 Å². The molecule has 0 saturated heterocycles. The molecule has 2 heterocycles. The van der Waals surface area contributed by atoms with Crippen molar-refractivity contribution >= 4 is 57.1 Å². The van der Waals surface area contributed by atoms with E-state index in [0.717, 1.165) is 5.56 Å². The van der Waals surface area contributed by atoms with Gasteiger partial charge in [-0.1, -0.05) is 65.7 Å². The SMILES string of the molecule is C[C@@H](NC(=O)c1c(N)n(-c2cc(Cl)cc(Cl)c2)c2nc3ccccc3nc12)c1ccccc1. The average molecular weight is 476 g/mol. The lowest BCUT2D eigenvalue weighted by Gasteiger charge is -2.14. The summed E-state index contributed by atoms with van der Waals surface area (Å²) in [5.74, 6) is -0.137. The first-order chi connectivity index (χ1) is 15.9. The van der Waals surface area contributed by atoms with E-state index < -0.39 is 0 Å². The Hall–Kier alpha value is -3.61. The van der Waals surface area contributed by atoms with E-state index in [9.17, 15) is 4.79 Å². The van der Waals surface area contributed by atoms with Gasteiger partial charge < -0.3 is 11.1 Å². The van der Waals surface area contributed by atoms with Crippen LogP contribution in [0.4, 0.5) is 5.82 Å². The van der Waals surface area contributed by atoms with E-state index in [2.05, 4.69) is 5.32 Å². The van der Waals surface area contributed by atoms with E-state index in [0.29, 0.717) is 37.9 Å². The van der Waals surface area contributed by atoms with Crippen LogP contribution in [-0.4, -0.2) is 20.4 Å². The number of nitrogens with zero attached hydrogens (tertiary/aromatic N) is 3. The third kappa shape index (κ3) is 3.88. The van der Waals surface area contributed by atoms with Crippen LogP contribution in [0.15, 0.2) is 72.8 Å². The van der Waals surface area contributed by atoms with Crippen molar-refractivity contribution < 1.29 is 4.79 Å². The van der Waals surface area contributed by atoms with Gasteiger partial charge in [0.05, 0.1) is 22.8 Å². The molecule has 5 aromatic rings. The van der Waals surface area contributed by atoms with Crippen molar-refractivity contribution in [1.29, 1.82) is 0 Å². The molecular weight excluding hydrogens is 457 g/mol. The summed E-state index contributed by atoms with van der Waals surface area (Å²) in [6.45, 7) is 1.92. The van der Waals surface area contributed by atoms with Crippen molar-refractivity contribution in [3.8, 4) is 5.69 Å². The highest BCUT2D eigenvalue weighted by molar-refractivity contribution is 6.35. The lowest BCUT2D eigenvalue weighted by atomic mass is 10.1. The molecule has 0 saturated carbocycles. The highest BCUT2D eigenvalue weighted by Crippen LogP contribution is 2.33. The molecule has 1 amide bonds. The highest BCUT2D eigenvalue weighted by Gasteiger charge is 2.26. The van der Waals surface area contributed by atoms with Crippen molar-refractivity contribution in [1.82, 2.24) is 19.9 Å². The van der Waals surface area contributed by atoms with Gasteiger partial charge in [0.25, 0.3) is 5.91 Å². The van der Waals surface area contributed by atoms with Crippen LogP contribution in [0.2, 0.25) is 10.0 Å². The first kappa shape index (κ1) is 21.2. The summed E-state index contributed by atoms with van der Waals surface area (Å²) in [7, 11) is 0.